The first-order valence-corrected chi connectivity index (χ1v) is 6.26. The predicted octanol–water partition coefficient (Wildman–Crippen LogP) is 2.56. The lowest BCUT2D eigenvalue weighted by molar-refractivity contribution is 0.315. The Morgan fingerprint density at radius 2 is 2.28 bits per heavy atom. The molecule has 1 aromatic heterocycles. The second kappa shape index (κ2) is 7.78. The summed E-state index contributed by atoms with van der Waals surface area (Å²) in [7, 11) is 0. The summed E-state index contributed by atoms with van der Waals surface area (Å²) in [5.41, 5.74) is 6.77. The van der Waals surface area contributed by atoms with Crippen LogP contribution in [0, 0.1) is 5.92 Å². The van der Waals surface area contributed by atoms with Crippen molar-refractivity contribution >= 4 is 41.5 Å². The normalized spacial score (nSPS) is 15.7. The van der Waals surface area contributed by atoms with Crippen LogP contribution in [0.2, 0.25) is 5.15 Å². The molecular formula is C12H18ClIN4. The third-order valence-electron chi connectivity index (χ3n) is 3.02. The summed E-state index contributed by atoms with van der Waals surface area (Å²) < 4.78 is 0. The highest BCUT2D eigenvalue weighted by molar-refractivity contribution is 14.0. The quantitative estimate of drug-likeness (QED) is 0.365. The molecule has 0 unspecified atom stereocenters. The van der Waals surface area contributed by atoms with Crippen LogP contribution in [-0.2, 0) is 6.54 Å². The molecular weight excluding hydrogens is 363 g/mol. The van der Waals surface area contributed by atoms with Gasteiger partial charge < -0.3 is 11.1 Å². The molecule has 0 aliphatic heterocycles. The van der Waals surface area contributed by atoms with Crippen molar-refractivity contribution in [1.29, 1.82) is 0 Å². The molecule has 1 aliphatic carbocycles. The zero-order chi connectivity index (χ0) is 12.1. The molecule has 0 saturated heterocycles. The van der Waals surface area contributed by atoms with E-state index in [1.807, 2.05) is 6.07 Å². The number of nitrogens with two attached hydrogens (primary N) is 1. The number of nitrogens with zero attached hydrogens (tertiary/aromatic N) is 2. The third-order valence-corrected chi connectivity index (χ3v) is 3.24. The van der Waals surface area contributed by atoms with Crippen LogP contribution in [0.1, 0.15) is 24.8 Å². The molecule has 3 N–H and O–H groups in total. The molecule has 18 heavy (non-hydrogen) atoms. The van der Waals surface area contributed by atoms with E-state index in [0.29, 0.717) is 17.7 Å². The molecule has 1 saturated carbocycles. The van der Waals surface area contributed by atoms with Gasteiger partial charge in [-0.25, -0.2) is 9.98 Å². The first kappa shape index (κ1) is 15.5. The highest BCUT2D eigenvalue weighted by Gasteiger charge is 2.16. The highest BCUT2D eigenvalue weighted by atomic mass is 127. The van der Waals surface area contributed by atoms with Gasteiger partial charge in [0.1, 0.15) is 5.15 Å². The van der Waals surface area contributed by atoms with Crippen LogP contribution < -0.4 is 11.1 Å². The van der Waals surface area contributed by atoms with Gasteiger partial charge >= 0.3 is 0 Å². The number of aromatic nitrogens is 1. The van der Waals surface area contributed by atoms with Gasteiger partial charge in [0.05, 0.1) is 6.54 Å². The molecule has 4 nitrogen and oxygen atoms in total. The van der Waals surface area contributed by atoms with Crippen molar-refractivity contribution < 1.29 is 0 Å². The number of hydrogen-bond donors (Lipinski definition) is 2. The fourth-order valence-electron chi connectivity index (χ4n) is 1.68. The van der Waals surface area contributed by atoms with Crippen molar-refractivity contribution in [2.24, 2.45) is 16.6 Å². The minimum atomic E-state index is 0. The van der Waals surface area contributed by atoms with E-state index >= 15 is 0 Å². The molecule has 0 amide bonds. The van der Waals surface area contributed by atoms with Crippen molar-refractivity contribution in [2.45, 2.75) is 25.8 Å². The van der Waals surface area contributed by atoms with Crippen molar-refractivity contribution in [3.05, 3.63) is 29.0 Å². The summed E-state index contributed by atoms with van der Waals surface area (Å²) >= 11 is 5.70. The van der Waals surface area contributed by atoms with Crippen molar-refractivity contribution in [3.8, 4) is 0 Å². The van der Waals surface area contributed by atoms with Gasteiger partial charge in [0.15, 0.2) is 5.96 Å². The van der Waals surface area contributed by atoms with E-state index in [0.717, 1.165) is 18.0 Å². The predicted molar refractivity (Wildman–Crippen MR) is 85.3 cm³/mol. The first-order chi connectivity index (χ1) is 8.24. The Bertz CT molecular complexity index is 390. The number of guanidine groups is 1. The van der Waals surface area contributed by atoms with Crippen LogP contribution >= 0.6 is 35.6 Å². The zero-order valence-electron chi connectivity index (χ0n) is 10.1. The SMILES string of the molecule is I.NC(=NCc1ccc(Cl)nc1)NCC1CCC1. The van der Waals surface area contributed by atoms with E-state index in [2.05, 4.69) is 15.3 Å². The standard InChI is InChI=1S/C12H17ClN4.HI/c13-11-5-4-10(7-15-11)8-17-12(14)16-6-9-2-1-3-9;/h4-5,7,9H,1-3,6,8H2,(H3,14,16,17);1H. The Kier molecular flexibility index (Phi) is 6.70. The van der Waals surface area contributed by atoms with Gasteiger partial charge in [-0.05, 0) is 30.4 Å². The van der Waals surface area contributed by atoms with Crippen LogP contribution in [0.5, 0.6) is 0 Å². The van der Waals surface area contributed by atoms with Crippen molar-refractivity contribution in [2.75, 3.05) is 6.54 Å². The second-order valence-electron chi connectivity index (χ2n) is 4.37. The van der Waals surface area contributed by atoms with E-state index in [-0.39, 0.29) is 24.0 Å². The molecule has 0 atom stereocenters. The number of pyridine rings is 1. The summed E-state index contributed by atoms with van der Waals surface area (Å²) in [5.74, 6) is 1.28. The summed E-state index contributed by atoms with van der Waals surface area (Å²) in [6.45, 7) is 1.47. The summed E-state index contributed by atoms with van der Waals surface area (Å²) in [6.07, 6.45) is 5.67. The topological polar surface area (TPSA) is 63.3 Å². The van der Waals surface area contributed by atoms with Gasteiger partial charge in [0.2, 0.25) is 0 Å². The van der Waals surface area contributed by atoms with Gasteiger partial charge in [0.25, 0.3) is 0 Å². The average Bonchev–Trinajstić information content (AvgIpc) is 2.26. The minimum Gasteiger partial charge on any atom is -0.370 e. The minimum absolute atomic E-state index is 0. The monoisotopic (exact) mass is 380 g/mol. The Labute approximate surface area is 129 Å². The Morgan fingerprint density at radius 3 is 2.83 bits per heavy atom. The molecule has 1 aliphatic rings. The summed E-state index contributed by atoms with van der Waals surface area (Å²) in [6, 6.07) is 3.66. The number of aliphatic imine (C=N–C) groups is 1. The van der Waals surface area contributed by atoms with Crippen LogP contribution in [0.3, 0.4) is 0 Å². The van der Waals surface area contributed by atoms with Gasteiger partial charge in [-0.1, -0.05) is 24.1 Å². The molecule has 1 aromatic rings. The summed E-state index contributed by atoms with van der Waals surface area (Å²) in [4.78, 5) is 8.24. The molecule has 0 bridgehead atoms. The fourth-order valence-corrected chi connectivity index (χ4v) is 1.79. The Balaban J connectivity index is 0.00000162. The van der Waals surface area contributed by atoms with Gasteiger partial charge in [-0.2, -0.15) is 0 Å². The van der Waals surface area contributed by atoms with Gasteiger partial charge in [-0.3, -0.25) is 0 Å². The van der Waals surface area contributed by atoms with Gasteiger partial charge in [-0.15, -0.1) is 24.0 Å². The van der Waals surface area contributed by atoms with Crippen molar-refractivity contribution in [3.63, 3.8) is 0 Å². The maximum atomic E-state index is 5.77. The number of hydrogen-bond acceptors (Lipinski definition) is 2. The lowest BCUT2D eigenvalue weighted by Gasteiger charge is -2.25. The highest BCUT2D eigenvalue weighted by Crippen LogP contribution is 2.24. The van der Waals surface area contributed by atoms with Crippen LogP contribution in [0.15, 0.2) is 23.3 Å². The summed E-state index contributed by atoms with van der Waals surface area (Å²) in [5, 5.41) is 3.64. The Hall–Kier alpha value is -0.560. The zero-order valence-corrected chi connectivity index (χ0v) is 13.2. The van der Waals surface area contributed by atoms with E-state index < -0.39 is 0 Å². The first-order valence-electron chi connectivity index (χ1n) is 5.88. The van der Waals surface area contributed by atoms with Crippen molar-refractivity contribution in [1.82, 2.24) is 10.3 Å². The van der Waals surface area contributed by atoms with E-state index in [1.54, 1.807) is 12.3 Å². The van der Waals surface area contributed by atoms with E-state index in [9.17, 15) is 0 Å². The average molecular weight is 381 g/mol. The van der Waals surface area contributed by atoms with E-state index in [4.69, 9.17) is 17.3 Å². The van der Waals surface area contributed by atoms with Gasteiger partial charge in [0, 0.05) is 12.7 Å². The molecule has 0 radical (unpaired) electrons. The molecule has 1 fully saturated rings. The largest absolute Gasteiger partial charge is 0.370 e. The maximum Gasteiger partial charge on any atom is 0.188 e. The second-order valence-corrected chi connectivity index (χ2v) is 4.76. The fraction of sp³-hybridized carbons (Fsp3) is 0.500. The number of nitrogens with one attached hydrogen (secondary N) is 1. The molecule has 1 heterocycles. The van der Waals surface area contributed by atoms with E-state index in [1.165, 1.54) is 19.3 Å². The molecule has 2 rings (SSSR count). The Morgan fingerprint density at radius 1 is 1.50 bits per heavy atom. The number of halogens is 2. The van der Waals surface area contributed by atoms with Crippen LogP contribution in [-0.4, -0.2) is 17.5 Å². The molecule has 0 aromatic carbocycles. The number of rotatable bonds is 4. The molecule has 100 valence electrons. The van der Waals surface area contributed by atoms with Crippen LogP contribution in [0.25, 0.3) is 0 Å². The lowest BCUT2D eigenvalue weighted by Crippen LogP contribution is -2.37. The molecule has 6 heteroatoms. The molecule has 0 spiro atoms. The van der Waals surface area contributed by atoms with Crippen LogP contribution in [0.4, 0.5) is 0 Å². The smallest absolute Gasteiger partial charge is 0.188 e. The maximum absolute atomic E-state index is 5.77. The lowest BCUT2D eigenvalue weighted by atomic mass is 9.85. The third kappa shape index (κ3) is 4.97.